The summed E-state index contributed by atoms with van der Waals surface area (Å²) in [6, 6.07) is 5.21. The van der Waals surface area contributed by atoms with Gasteiger partial charge in [-0.1, -0.05) is 32.8 Å². The summed E-state index contributed by atoms with van der Waals surface area (Å²) in [5.74, 6) is 4.49. The quantitative estimate of drug-likeness (QED) is 0.677. The van der Waals surface area contributed by atoms with Gasteiger partial charge in [0.25, 0.3) is 0 Å². The Morgan fingerprint density at radius 3 is 2.37 bits per heavy atom. The molecule has 0 unspecified atom stereocenters. The lowest BCUT2D eigenvalue weighted by Crippen LogP contribution is -2.37. The molecule has 3 heteroatoms. The Morgan fingerprint density at radius 1 is 1.26 bits per heavy atom. The summed E-state index contributed by atoms with van der Waals surface area (Å²) in [4.78, 5) is 0. The molecule has 102 valence electrons. The van der Waals surface area contributed by atoms with Crippen LogP contribution in [0.2, 0.25) is 0 Å². The van der Waals surface area contributed by atoms with Crippen LogP contribution in [0.1, 0.15) is 38.3 Å². The second kappa shape index (κ2) is 5.42. The summed E-state index contributed by atoms with van der Waals surface area (Å²) >= 11 is 3.74. The molecule has 19 heavy (non-hydrogen) atoms. The van der Waals surface area contributed by atoms with Crippen molar-refractivity contribution in [2.45, 2.75) is 31.3 Å². The van der Waals surface area contributed by atoms with Gasteiger partial charge in [0.2, 0.25) is 0 Å². The minimum atomic E-state index is -0.220. The molecule has 1 fully saturated rings. The molecule has 0 radical (unpaired) electrons. The van der Waals surface area contributed by atoms with Gasteiger partial charge in [0, 0.05) is 11.1 Å². The van der Waals surface area contributed by atoms with E-state index in [1.807, 2.05) is 35.7 Å². The minimum absolute atomic E-state index is 0.0126. The largest absolute Gasteiger partial charge is 0.207 e. The first kappa shape index (κ1) is 14.8. The highest BCUT2D eigenvalue weighted by Gasteiger charge is 2.47. The van der Waals surface area contributed by atoms with E-state index in [0.29, 0.717) is 5.56 Å². The maximum absolute atomic E-state index is 14.5. The molecule has 1 heterocycles. The number of rotatable bonds is 1. The van der Waals surface area contributed by atoms with Crippen molar-refractivity contribution in [3.05, 3.63) is 35.1 Å². The fourth-order valence-corrected chi connectivity index (χ4v) is 6.07. The zero-order valence-electron chi connectivity index (χ0n) is 11.6. The summed E-state index contributed by atoms with van der Waals surface area (Å²) < 4.78 is 14.3. The van der Waals surface area contributed by atoms with Crippen LogP contribution in [0.15, 0.2) is 18.2 Å². The smallest absolute Gasteiger partial charge is 0.129 e. The zero-order chi connectivity index (χ0) is 14.1. The van der Waals surface area contributed by atoms with E-state index < -0.39 is 0 Å². The van der Waals surface area contributed by atoms with Crippen LogP contribution >= 0.6 is 23.5 Å². The monoisotopic (exact) mass is 294 g/mol. The highest BCUT2D eigenvalue weighted by atomic mass is 32.2. The van der Waals surface area contributed by atoms with Crippen LogP contribution in [0.3, 0.4) is 0 Å². The van der Waals surface area contributed by atoms with Gasteiger partial charge in [0.15, 0.2) is 0 Å². The molecule has 0 bridgehead atoms. The van der Waals surface area contributed by atoms with Crippen molar-refractivity contribution in [3.63, 3.8) is 0 Å². The van der Waals surface area contributed by atoms with Gasteiger partial charge in [0.1, 0.15) is 5.82 Å². The van der Waals surface area contributed by atoms with Gasteiger partial charge in [-0.15, -0.1) is 29.9 Å². The van der Waals surface area contributed by atoms with Gasteiger partial charge < -0.3 is 0 Å². The van der Waals surface area contributed by atoms with Crippen molar-refractivity contribution in [3.8, 4) is 12.3 Å². The number of halogens is 1. The summed E-state index contributed by atoms with van der Waals surface area (Å²) in [6.07, 6.45) is 6.53. The third-order valence-corrected chi connectivity index (χ3v) is 7.55. The van der Waals surface area contributed by atoms with Crippen LogP contribution in [0.5, 0.6) is 0 Å². The van der Waals surface area contributed by atoms with E-state index in [9.17, 15) is 4.39 Å². The van der Waals surface area contributed by atoms with Gasteiger partial charge in [-0.05, 0) is 35.5 Å². The van der Waals surface area contributed by atoms with Crippen LogP contribution < -0.4 is 0 Å². The summed E-state index contributed by atoms with van der Waals surface area (Å²) in [6.45, 7) is 6.56. The number of thioether (sulfide) groups is 2. The van der Waals surface area contributed by atoms with E-state index in [-0.39, 0.29) is 15.3 Å². The molecule has 0 spiro atoms. The number of terminal acetylenes is 1. The Morgan fingerprint density at radius 2 is 1.89 bits per heavy atom. The van der Waals surface area contributed by atoms with Gasteiger partial charge in [-0.2, -0.15) is 0 Å². The lowest BCUT2D eigenvalue weighted by atomic mass is 9.86. The fourth-order valence-electron chi connectivity index (χ4n) is 2.40. The normalized spacial score (nSPS) is 18.9. The number of hydrogen-bond donors (Lipinski definition) is 0. The Kier molecular flexibility index (Phi) is 4.23. The molecule has 1 aliphatic rings. The molecule has 0 N–H and O–H groups in total. The van der Waals surface area contributed by atoms with E-state index >= 15 is 0 Å². The molecule has 1 aromatic carbocycles. The van der Waals surface area contributed by atoms with E-state index in [1.165, 1.54) is 12.5 Å². The fraction of sp³-hybridized carbons (Fsp3) is 0.500. The molecule has 1 saturated heterocycles. The summed E-state index contributed by atoms with van der Waals surface area (Å²) in [5, 5.41) is 0. The van der Waals surface area contributed by atoms with Crippen molar-refractivity contribution >= 4 is 23.5 Å². The van der Waals surface area contributed by atoms with Crippen LogP contribution in [0.4, 0.5) is 4.39 Å². The Hall–Kier alpha value is -0.590. The molecule has 0 atom stereocenters. The van der Waals surface area contributed by atoms with Crippen LogP contribution in [0, 0.1) is 23.6 Å². The maximum Gasteiger partial charge on any atom is 0.129 e. The van der Waals surface area contributed by atoms with E-state index in [2.05, 4.69) is 26.7 Å². The standard InChI is InChI=1S/C16H19FS2/c1-5-12-7-8-13(14(17)11-12)16(15(2,3)4)18-9-6-10-19-16/h1,7-8,11H,6,9-10H2,2-4H3. The third kappa shape index (κ3) is 2.66. The SMILES string of the molecule is C#Cc1ccc(C2(C(C)(C)C)SCCCS2)c(F)c1. The van der Waals surface area contributed by atoms with Crippen molar-refractivity contribution in [2.75, 3.05) is 11.5 Å². The highest BCUT2D eigenvalue weighted by Crippen LogP contribution is 2.60. The molecule has 0 amide bonds. The van der Waals surface area contributed by atoms with E-state index in [4.69, 9.17) is 6.42 Å². The second-order valence-electron chi connectivity index (χ2n) is 5.76. The molecule has 1 aliphatic heterocycles. The predicted molar refractivity (Wildman–Crippen MR) is 85.0 cm³/mol. The van der Waals surface area contributed by atoms with Crippen molar-refractivity contribution in [1.29, 1.82) is 0 Å². The number of hydrogen-bond acceptors (Lipinski definition) is 2. The molecule has 0 nitrogen and oxygen atoms in total. The van der Waals surface area contributed by atoms with Crippen molar-refractivity contribution in [1.82, 2.24) is 0 Å². The Labute approximate surface area is 123 Å². The van der Waals surface area contributed by atoms with Gasteiger partial charge in [-0.3, -0.25) is 0 Å². The zero-order valence-corrected chi connectivity index (χ0v) is 13.3. The maximum atomic E-state index is 14.5. The lowest BCUT2D eigenvalue weighted by molar-refractivity contribution is 0.363. The van der Waals surface area contributed by atoms with Gasteiger partial charge in [-0.25, -0.2) is 4.39 Å². The predicted octanol–water partition coefficient (Wildman–Crippen LogP) is 4.88. The molecular formula is C16H19FS2. The summed E-state index contributed by atoms with van der Waals surface area (Å²) in [7, 11) is 0. The number of benzene rings is 1. The molecular weight excluding hydrogens is 275 g/mol. The average Bonchev–Trinajstić information content (AvgIpc) is 2.38. The first-order valence-corrected chi connectivity index (χ1v) is 8.42. The Balaban J connectivity index is 2.54. The van der Waals surface area contributed by atoms with Gasteiger partial charge >= 0.3 is 0 Å². The van der Waals surface area contributed by atoms with Crippen molar-refractivity contribution in [2.24, 2.45) is 5.41 Å². The topological polar surface area (TPSA) is 0 Å². The molecule has 0 saturated carbocycles. The second-order valence-corrected chi connectivity index (χ2v) is 8.63. The highest BCUT2D eigenvalue weighted by molar-refractivity contribution is 8.18. The molecule has 0 aliphatic carbocycles. The lowest BCUT2D eigenvalue weighted by Gasteiger charge is -2.46. The van der Waals surface area contributed by atoms with E-state index in [1.54, 1.807) is 0 Å². The minimum Gasteiger partial charge on any atom is -0.207 e. The van der Waals surface area contributed by atoms with Crippen LogP contribution in [-0.4, -0.2) is 11.5 Å². The summed E-state index contributed by atoms with van der Waals surface area (Å²) in [5.41, 5.74) is 1.38. The van der Waals surface area contributed by atoms with Crippen LogP contribution in [-0.2, 0) is 4.08 Å². The van der Waals surface area contributed by atoms with E-state index in [0.717, 1.165) is 17.1 Å². The molecule has 0 aromatic heterocycles. The first-order chi connectivity index (χ1) is 8.90. The van der Waals surface area contributed by atoms with Crippen LogP contribution in [0.25, 0.3) is 0 Å². The first-order valence-electron chi connectivity index (χ1n) is 6.45. The van der Waals surface area contributed by atoms with Crippen molar-refractivity contribution < 1.29 is 4.39 Å². The third-order valence-electron chi connectivity index (χ3n) is 3.38. The average molecular weight is 294 g/mol. The Bertz CT molecular complexity index is 502. The molecule has 2 rings (SSSR count). The molecule has 1 aromatic rings. The van der Waals surface area contributed by atoms with Gasteiger partial charge in [0.05, 0.1) is 4.08 Å².